The highest BCUT2D eigenvalue weighted by molar-refractivity contribution is 7.98. The standard InChI is InChI=1S/C20H28N2S/c1-22(20-12-6-3-7-13-20)16-8-14-21-15-9-17-23-18-19-10-4-2-5-11-19/h2-7,10-13,21H,8-9,14-18H2,1H3. The summed E-state index contributed by atoms with van der Waals surface area (Å²) >= 11 is 2.02. The monoisotopic (exact) mass is 328 g/mol. The summed E-state index contributed by atoms with van der Waals surface area (Å²) in [6.45, 7) is 3.32. The Morgan fingerprint density at radius 1 is 0.870 bits per heavy atom. The van der Waals surface area contributed by atoms with Gasteiger partial charge < -0.3 is 10.2 Å². The minimum absolute atomic E-state index is 1.10. The van der Waals surface area contributed by atoms with Gasteiger partial charge in [0.1, 0.15) is 0 Å². The minimum Gasteiger partial charge on any atom is -0.375 e. The third-order valence-corrected chi connectivity index (χ3v) is 4.91. The third kappa shape index (κ3) is 7.58. The van der Waals surface area contributed by atoms with Crippen molar-refractivity contribution in [3.63, 3.8) is 0 Å². The number of nitrogens with zero attached hydrogens (tertiary/aromatic N) is 1. The summed E-state index contributed by atoms with van der Waals surface area (Å²) in [6, 6.07) is 21.3. The van der Waals surface area contributed by atoms with Crippen molar-refractivity contribution < 1.29 is 0 Å². The van der Waals surface area contributed by atoms with Gasteiger partial charge in [-0.05, 0) is 49.4 Å². The van der Waals surface area contributed by atoms with E-state index in [4.69, 9.17) is 0 Å². The molecule has 0 saturated carbocycles. The van der Waals surface area contributed by atoms with E-state index in [-0.39, 0.29) is 0 Å². The van der Waals surface area contributed by atoms with Gasteiger partial charge in [-0.3, -0.25) is 0 Å². The normalized spacial score (nSPS) is 10.7. The summed E-state index contributed by atoms with van der Waals surface area (Å²) in [4.78, 5) is 2.32. The van der Waals surface area contributed by atoms with Crippen molar-refractivity contribution in [3.8, 4) is 0 Å². The molecule has 23 heavy (non-hydrogen) atoms. The fourth-order valence-corrected chi connectivity index (χ4v) is 3.36. The molecule has 2 aromatic carbocycles. The molecule has 0 spiro atoms. The van der Waals surface area contributed by atoms with Crippen molar-refractivity contribution in [2.75, 3.05) is 37.3 Å². The molecule has 0 saturated heterocycles. The van der Waals surface area contributed by atoms with E-state index < -0.39 is 0 Å². The van der Waals surface area contributed by atoms with E-state index in [1.54, 1.807) is 0 Å². The molecule has 2 aromatic rings. The lowest BCUT2D eigenvalue weighted by molar-refractivity contribution is 0.639. The SMILES string of the molecule is CN(CCCNCCCSCc1ccccc1)c1ccccc1. The Labute approximate surface area is 145 Å². The number of para-hydroxylation sites is 1. The molecule has 2 rings (SSSR count). The lowest BCUT2D eigenvalue weighted by Crippen LogP contribution is -2.24. The molecule has 0 unspecified atom stereocenters. The maximum absolute atomic E-state index is 3.55. The molecule has 1 N–H and O–H groups in total. The van der Waals surface area contributed by atoms with Crippen molar-refractivity contribution in [1.82, 2.24) is 5.32 Å². The van der Waals surface area contributed by atoms with Crippen LogP contribution in [0.1, 0.15) is 18.4 Å². The Morgan fingerprint density at radius 2 is 1.52 bits per heavy atom. The molecule has 0 aliphatic rings. The number of hydrogen-bond acceptors (Lipinski definition) is 3. The minimum atomic E-state index is 1.10. The molecular formula is C20H28N2S. The van der Waals surface area contributed by atoms with Crippen LogP contribution in [0.2, 0.25) is 0 Å². The largest absolute Gasteiger partial charge is 0.375 e. The van der Waals surface area contributed by atoms with Crippen LogP contribution in [0.3, 0.4) is 0 Å². The predicted octanol–water partition coefficient (Wildman–Crippen LogP) is 4.43. The second-order valence-electron chi connectivity index (χ2n) is 5.75. The van der Waals surface area contributed by atoms with Crippen LogP contribution in [-0.2, 0) is 5.75 Å². The van der Waals surface area contributed by atoms with Crippen LogP contribution < -0.4 is 10.2 Å². The molecule has 3 heteroatoms. The molecule has 124 valence electrons. The highest BCUT2D eigenvalue weighted by atomic mass is 32.2. The molecule has 0 amide bonds. The first-order valence-corrected chi connectivity index (χ1v) is 9.60. The Hall–Kier alpha value is -1.45. The molecule has 0 bridgehead atoms. The summed E-state index contributed by atoms with van der Waals surface area (Å²) in [7, 11) is 2.16. The van der Waals surface area contributed by atoms with Gasteiger partial charge >= 0.3 is 0 Å². The molecule has 0 aromatic heterocycles. The summed E-state index contributed by atoms with van der Waals surface area (Å²) in [6.07, 6.45) is 2.43. The summed E-state index contributed by atoms with van der Waals surface area (Å²) < 4.78 is 0. The lowest BCUT2D eigenvalue weighted by Gasteiger charge is -2.19. The van der Waals surface area contributed by atoms with Crippen LogP contribution in [0.4, 0.5) is 5.69 Å². The maximum Gasteiger partial charge on any atom is 0.0363 e. The van der Waals surface area contributed by atoms with E-state index in [2.05, 4.69) is 77.9 Å². The van der Waals surface area contributed by atoms with Crippen LogP contribution in [0.5, 0.6) is 0 Å². The Balaban J connectivity index is 1.42. The fraction of sp³-hybridized carbons (Fsp3) is 0.400. The number of rotatable bonds is 11. The van der Waals surface area contributed by atoms with Crippen molar-refractivity contribution in [3.05, 3.63) is 66.2 Å². The lowest BCUT2D eigenvalue weighted by atomic mass is 10.2. The number of nitrogens with one attached hydrogen (secondary N) is 1. The first kappa shape index (κ1) is 17.9. The second-order valence-corrected chi connectivity index (χ2v) is 6.86. The highest BCUT2D eigenvalue weighted by Crippen LogP contribution is 2.12. The van der Waals surface area contributed by atoms with Crippen LogP contribution >= 0.6 is 11.8 Å². The van der Waals surface area contributed by atoms with E-state index in [1.165, 1.54) is 29.8 Å². The van der Waals surface area contributed by atoms with Gasteiger partial charge in [-0.1, -0.05) is 48.5 Å². The highest BCUT2D eigenvalue weighted by Gasteiger charge is 1.99. The average molecular weight is 329 g/mol. The van der Waals surface area contributed by atoms with Crippen LogP contribution in [0.15, 0.2) is 60.7 Å². The summed E-state index contributed by atoms with van der Waals surface area (Å²) in [5.41, 5.74) is 2.72. The van der Waals surface area contributed by atoms with Gasteiger partial charge in [-0.15, -0.1) is 0 Å². The number of hydrogen-bond donors (Lipinski definition) is 1. The summed E-state index contributed by atoms with van der Waals surface area (Å²) in [5, 5.41) is 3.55. The van der Waals surface area contributed by atoms with Gasteiger partial charge in [0, 0.05) is 25.0 Å². The first-order chi connectivity index (χ1) is 11.4. The van der Waals surface area contributed by atoms with Gasteiger partial charge in [0.15, 0.2) is 0 Å². The molecular weight excluding hydrogens is 300 g/mol. The zero-order valence-electron chi connectivity index (χ0n) is 14.1. The van der Waals surface area contributed by atoms with E-state index in [0.717, 1.165) is 25.4 Å². The zero-order valence-corrected chi connectivity index (χ0v) is 14.9. The Bertz CT molecular complexity index is 516. The zero-order chi connectivity index (χ0) is 16.2. The van der Waals surface area contributed by atoms with Gasteiger partial charge in [-0.25, -0.2) is 0 Å². The second kappa shape index (κ2) is 11.1. The van der Waals surface area contributed by atoms with Crippen molar-refractivity contribution in [1.29, 1.82) is 0 Å². The third-order valence-electron chi connectivity index (χ3n) is 3.80. The van der Waals surface area contributed by atoms with E-state index >= 15 is 0 Å². The molecule has 0 heterocycles. The summed E-state index contributed by atoms with van der Waals surface area (Å²) in [5.74, 6) is 2.36. The van der Waals surface area contributed by atoms with Gasteiger partial charge in [0.05, 0.1) is 0 Å². The predicted molar refractivity (Wildman–Crippen MR) is 104 cm³/mol. The molecule has 2 nitrogen and oxygen atoms in total. The maximum atomic E-state index is 3.55. The van der Waals surface area contributed by atoms with Crippen molar-refractivity contribution >= 4 is 17.4 Å². The van der Waals surface area contributed by atoms with Crippen molar-refractivity contribution in [2.24, 2.45) is 0 Å². The topological polar surface area (TPSA) is 15.3 Å². The quantitative estimate of drug-likeness (QED) is 0.615. The Morgan fingerprint density at radius 3 is 2.26 bits per heavy atom. The average Bonchev–Trinajstić information content (AvgIpc) is 2.61. The molecule has 0 atom stereocenters. The first-order valence-electron chi connectivity index (χ1n) is 8.45. The Kier molecular flexibility index (Phi) is 8.67. The van der Waals surface area contributed by atoms with E-state index in [9.17, 15) is 0 Å². The number of thioether (sulfide) groups is 1. The van der Waals surface area contributed by atoms with Gasteiger partial charge in [-0.2, -0.15) is 11.8 Å². The molecule has 0 aliphatic heterocycles. The molecule has 0 radical (unpaired) electrons. The molecule has 0 fully saturated rings. The van der Waals surface area contributed by atoms with Gasteiger partial charge in [0.25, 0.3) is 0 Å². The fourth-order valence-electron chi connectivity index (χ4n) is 2.44. The van der Waals surface area contributed by atoms with Crippen LogP contribution in [0, 0.1) is 0 Å². The van der Waals surface area contributed by atoms with E-state index in [1.807, 2.05) is 11.8 Å². The number of benzene rings is 2. The van der Waals surface area contributed by atoms with Crippen LogP contribution in [0.25, 0.3) is 0 Å². The van der Waals surface area contributed by atoms with Crippen LogP contribution in [-0.4, -0.2) is 32.4 Å². The molecule has 0 aliphatic carbocycles. The van der Waals surface area contributed by atoms with E-state index in [0.29, 0.717) is 0 Å². The van der Waals surface area contributed by atoms with Crippen molar-refractivity contribution in [2.45, 2.75) is 18.6 Å². The number of anilines is 1. The van der Waals surface area contributed by atoms with Gasteiger partial charge in [0.2, 0.25) is 0 Å². The smallest absolute Gasteiger partial charge is 0.0363 e.